The first-order valence-corrected chi connectivity index (χ1v) is 9.78. The molecule has 2 amide bonds. The fourth-order valence-electron chi connectivity index (χ4n) is 2.44. The molecular weight excluding hydrogens is 437 g/mol. The molecule has 0 spiro atoms. The number of benzene rings is 2. The molecule has 2 rings (SSSR count). The second kappa shape index (κ2) is 10.5. The number of rotatable bonds is 7. The van der Waals surface area contributed by atoms with Crippen molar-refractivity contribution < 1.29 is 14.3 Å². The predicted molar refractivity (Wildman–Crippen MR) is 116 cm³/mol. The normalized spacial score (nSPS) is 12.1. The SMILES string of the molecule is COc1ccc(Cl)cc1C=NNC(=O)C(NC(=O)c1ccc(Cl)c(Cl)c1)C(C)C. The van der Waals surface area contributed by atoms with Crippen molar-refractivity contribution in [3.05, 3.63) is 62.6 Å². The number of hydrazone groups is 1. The van der Waals surface area contributed by atoms with Crippen LogP contribution in [0.15, 0.2) is 41.5 Å². The maximum atomic E-state index is 12.5. The molecule has 0 saturated heterocycles. The second-order valence-electron chi connectivity index (χ2n) is 6.44. The minimum Gasteiger partial charge on any atom is -0.496 e. The van der Waals surface area contributed by atoms with E-state index in [0.717, 1.165) is 0 Å². The van der Waals surface area contributed by atoms with Crippen molar-refractivity contribution in [1.82, 2.24) is 10.7 Å². The average Bonchev–Trinajstić information content (AvgIpc) is 2.67. The maximum absolute atomic E-state index is 12.5. The Hall–Kier alpha value is -2.28. The molecule has 2 aromatic rings. The summed E-state index contributed by atoms with van der Waals surface area (Å²) in [5, 5.41) is 7.74. The van der Waals surface area contributed by atoms with Crippen LogP contribution in [0.5, 0.6) is 5.75 Å². The quantitative estimate of drug-likeness (QED) is 0.473. The highest BCUT2D eigenvalue weighted by molar-refractivity contribution is 6.42. The van der Waals surface area contributed by atoms with Crippen LogP contribution in [0.4, 0.5) is 0 Å². The second-order valence-corrected chi connectivity index (χ2v) is 7.70. The van der Waals surface area contributed by atoms with Crippen LogP contribution in [-0.4, -0.2) is 31.2 Å². The Bertz CT molecular complexity index is 932. The van der Waals surface area contributed by atoms with Crippen LogP contribution in [0.3, 0.4) is 0 Å². The first-order chi connectivity index (χ1) is 13.7. The number of carbonyl (C=O) groups excluding carboxylic acids is 2. The van der Waals surface area contributed by atoms with E-state index >= 15 is 0 Å². The molecule has 1 atom stereocenters. The molecule has 0 bridgehead atoms. The zero-order chi connectivity index (χ0) is 21.6. The average molecular weight is 457 g/mol. The molecule has 2 N–H and O–H groups in total. The molecule has 6 nitrogen and oxygen atoms in total. The first kappa shape index (κ1) is 23.0. The van der Waals surface area contributed by atoms with Crippen molar-refractivity contribution in [2.75, 3.05) is 7.11 Å². The lowest BCUT2D eigenvalue weighted by Gasteiger charge is -2.20. The lowest BCUT2D eigenvalue weighted by atomic mass is 10.0. The van der Waals surface area contributed by atoms with Crippen molar-refractivity contribution in [2.24, 2.45) is 11.0 Å². The fourth-order valence-corrected chi connectivity index (χ4v) is 2.92. The van der Waals surface area contributed by atoms with Gasteiger partial charge < -0.3 is 10.1 Å². The molecule has 154 valence electrons. The molecule has 0 aliphatic carbocycles. The molecule has 0 heterocycles. The third kappa shape index (κ3) is 6.35. The van der Waals surface area contributed by atoms with Crippen LogP contribution >= 0.6 is 34.8 Å². The van der Waals surface area contributed by atoms with Crippen LogP contribution in [0.1, 0.15) is 29.8 Å². The monoisotopic (exact) mass is 455 g/mol. The van der Waals surface area contributed by atoms with Gasteiger partial charge in [-0.3, -0.25) is 9.59 Å². The van der Waals surface area contributed by atoms with Gasteiger partial charge in [0.15, 0.2) is 0 Å². The van der Waals surface area contributed by atoms with E-state index in [1.165, 1.54) is 31.5 Å². The number of carbonyl (C=O) groups is 2. The van der Waals surface area contributed by atoms with Gasteiger partial charge in [-0.05, 0) is 42.3 Å². The molecule has 0 radical (unpaired) electrons. The summed E-state index contributed by atoms with van der Waals surface area (Å²) in [5.41, 5.74) is 3.33. The summed E-state index contributed by atoms with van der Waals surface area (Å²) in [4.78, 5) is 25.0. The zero-order valence-electron chi connectivity index (χ0n) is 16.0. The largest absolute Gasteiger partial charge is 0.496 e. The minimum absolute atomic E-state index is 0.183. The lowest BCUT2D eigenvalue weighted by molar-refractivity contribution is -0.123. The van der Waals surface area contributed by atoms with E-state index in [1.807, 2.05) is 13.8 Å². The third-order valence-corrected chi connectivity index (χ3v) is 4.96. The maximum Gasteiger partial charge on any atom is 0.262 e. The van der Waals surface area contributed by atoms with Gasteiger partial charge in [0.25, 0.3) is 11.8 Å². The van der Waals surface area contributed by atoms with E-state index in [0.29, 0.717) is 26.9 Å². The highest BCUT2D eigenvalue weighted by Crippen LogP contribution is 2.23. The van der Waals surface area contributed by atoms with Gasteiger partial charge in [-0.2, -0.15) is 5.10 Å². The van der Waals surface area contributed by atoms with Crippen molar-refractivity contribution in [3.63, 3.8) is 0 Å². The van der Waals surface area contributed by atoms with Gasteiger partial charge >= 0.3 is 0 Å². The van der Waals surface area contributed by atoms with Gasteiger partial charge in [-0.1, -0.05) is 48.7 Å². The van der Waals surface area contributed by atoms with E-state index in [2.05, 4.69) is 15.8 Å². The van der Waals surface area contributed by atoms with E-state index < -0.39 is 17.9 Å². The Balaban J connectivity index is 2.08. The summed E-state index contributed by atoms with van der Waals surface area (Å²) in [6.07, 6.45) is 1.42. The number of hydrogen-bond acceptors (Lipinski definition) is 4. The van der Waals surface area contributed by atoms with Crippen molar-refractivity contribution in [1.29, 1.82) is 0 Å². The van der Waals surface area contributed by atoms with Gasteiger partial charge in [0, 0.05) is 16.1 Å². The molecule has 0 saturated carbocycles. The van der Waals surface area contributed by atoms with E-state index in [-0.39, 0.29) is 10.9 Å². The number of amides is 2. The van der Waals surface area contributed by atoms with E-state index in [4.69, 9.17) is 39.5 Å². The number of ether oxygens (including phenoxy) is 1. The van der Waals surface area contributed by atoms with Gasteiger partial charge in [-0.25, -0.2) is 5.43 Å². The molecule has 2 aromatic carbocycles. The molecule has 0 fully saturated rings. The van der Waals surface area contributed by atoms with Crippen molar-refractivity contribution in [2.45, 2.75) is 19.9 Å². The summed E-state index contributed by atoms with van der Waals surface area (Å²) < 4.78 is 5.22. The Morgan fingerprint density at radius 3 is 2.41 bits per heavy atom. The van der Waals surface area contributed by atoms with Crippen LogP contribution in [0.25, 0.3) is 0 Å². The number of nitrogens with zero attached hydrogens (tertiary/aromatic N) is 1. The van der Waals surface area contributed by atoms with Gasteiger partial charge in [0.05, 0.1) is 23.4 Å². The van der Waals surface area contributed by atoms with Crippen LogP contribution in [0, 0.1) is 5.92 Å². The third-order valence-electron chi connectivity index (χ3n) is 3.99. The Morgan fingerprint density at radius 2 is 1.79 bits per heavy atom. The summed E-state index contributed by atoms with van der Waals surface area (Å²) in [5.74, 6) is -0.540. The summed E-state index contributed by atoms with van der Waals surface area (Å²) in [6.45, 7) is 3.62. The molecule has 0 aliphatic rings. The highest BCUT2D eigenvalue weighted by atomic mass is 35.5. The van der Waals surface area contributed by atoms with Gasteiger partial charge in [0.1, 0.15) is 11.8 Å². The van der Waals surface area contributed by atoms with Crippen LogP contribution in [-0.2, 0) is 4.79 Å². The standard InChI is InChI=1S/C20H20Cl3N3O3/c1-11(2)18(25-19(27)12-4-6-15(22)16(23)9-12)20(28)26-24-10-13-8-14(21)5-7-17(13)29-3/h4-11,18H,1-3H3,(H,25,27)(H,26,28). The highest BCUT2D eigenvalue weighted by Gasteiger charge is 2.24. The first-order valence-electron chi connectivity index (χ1n) is 8.65. The number of nitrogens with one attached hydrogen (secondary N) is 2. The molecule has 0 aliphatic heterocycles. The predicted octanol–water partition coefficient (Wildman–Crippen LogP) is 4.56. The fraction of sp³-hybridized carbons (Fsp3) is 0.250. The van der Waals surface area contributed by atoms with E-state index in [1.54, 1.807) is 18.2 Å². The molecule has 9 heteroatoms. The lowest BCUT2D eigenvalue weighted by Crippen LogP contribution is -2.48. The Morgan fingerprint density at radius 1 is 1.07 bits per heavy atom. The summed E-state index contributed by atoms with van der Waals surface area (Å²) >= 11 is 17.8. The number of hydrogen-bond donors (Lipinski definition) is 2. The zero-order valence-corrected chi connectivity index (χ0v) is 18.3. The molecule has 29 heavy (non-hydrogen) atoms. The molecule has 0 aromatic heterocycles. The molecular formula is C20H20Cl3N3O3. The Labute approximate surface area is 184 Å². The summed E-state index contributed by atoms with van der Waals surface area (Å²) in [7, 11) is 1.52. The smallest absolute Gasteiger partial charge is 0.262 e. The van der Waals surface area contributed by atoms with Gasteiger partial charge in [-0.15, -0.1) is 0 Å². The number of methoxy groups -OCH3 is 1. The topological polar surface area (TPSA) is 79.8 Å². The van der Waals surface area contributed by atoms with Crippen molar-refractivity contribution >= 4 is 52.8 Å². The summed E-state index contributed by atoms with van der Waals surface area (Å²) in [6, 6.07) is 8.72. The van der Waals surface area contributed by atoms with Crippen LogP contribution < -0.4 is 15.5 Å². The minimum atomic E-state index is -0.810. The van der Waals surface area contributed by atoms with Crippen molar-refractivity contribution in [3.8, 4) is 5.75 Å². The van der Waals surface area contributed by atoms with Crippen LogP contribution in [0.2, 0.25) is 15.1 Å². The van der Waals surface area contributed by atoms with E-state index in [9.17, 15) is 9.59 Å². The number of halogens is 3. The molecule has 1 unspecified atom stereocenters. The Kier molecular flexibility index (Phi) is 8.32. The van der Waals surface area contributed by atoms with Gasteiger partial charge in [0.2, 0.25) is 0 Å².